The van der Waals surface area contributed by atoms with Gasteiger partial charge in [0, 0.05) is 35.4 Å². The summed E-state index contributed by atoms with van der Waals surface area (Å²) in [6.45, 7) is 9.86. The van der Waals surface area contributed by atoms with E-state index in [-0.39, 0.29) is 0 Å². The van der Waals surface area contributed by atoms with E-state index in [1.165, 1.54) is 11.3 Å². The van der Waals surface area contributed by atoms with Crippen LogP contribution >= 0.6 is 11.6 Å². The summed E-state index contributed by atoms with van der Waals surface area (Å²) in [4.78, 5) is 2.45. The Labute approximate surface area is 127 Å². The molecule has 0 spiro atoms. The monoisotopic (exact) mass is 296 g/mol. The zero-order valence-corrected chi connectivity index (χ0v) is 13.4. The molecule has 1 aromatic carbocycles. The maximum atomic E-state index is 6.43. The van der Waals surface area contributed by atoms with Crippen LogP contribution in [0.5, 0.6) is 0 Å². The van der Waals surface area contributed by atoms with Crippen LogP contribution in [-0.2, 0) is 11.3 Å². The van der Waals surface area contributed by atoms with Crippen molar-refractivity contribution in [1.82, 2.24) is 5.32 Å². The summed E-state index contributed by atoms with van der Waals surface area (Å²) in [5.41, 5.74) is 2.45. The van der Waals surface area contributed by atoms with Gasteiger partial charge in [0.1, 0.15) is 0 Å². The molecule has 0 aliphatic carbocycles. The highest BCUT2D eigenvalue weighted by molar-refractivity contribution is 6.31. The zero-order chi connectivity index (χ0) is 14.5. The molecule has 1 unspecified atom stereocenters. The molecule has 3 nitrogen and oxygen atoms in total. The third-order valence-electron chi connectivity index (χ3n) is 3.79. The van der Waals surface area contributed by atoms with Gasteiger partial charge in [-0.05, 0) is 18.6 Å². The minimum Gasteiger partial charge on any atom is -0.377 e. The van der Waals surface area contributed by atoms with E-state index >= 15 is 0 Å². The SMILES string of the molecule is CCC1COCCN1c1cccc(Cl)c1CNC(C)C. The predicted molar refractivity (Wildman–Crippen MR) is 85.7 cm³/mol. The largest absolute Gasteiger partial charge is 0.377 e. The molecule has 1 fully saturated rings. The molecule has 0 bridgehead atoms. The molecule has 1 aliphatic rings. The van der Waals surface area contributed by atoms with Crippen molar-refractivity contribution in [3.05, 3.63) is 28.8 Å². The van der Waals surface area contributed by atoms with Gasteiger partial charge in [-0.1, -0.05) is 38.4 Å². The van der Waals surface area contributed by atoms with Crippen molar-refractivity contribution in [2.24, 2.45) is 0 Å². The van der Waals surface area contributed by atoms with Crippen molar-refractivity contribution < 1.29 is 4.74 Å². The second-order valence-corrected chi connectivity index (χ2v) is 6.01. The standard InChI is InChI=1S/C16H25ClN2O/c1-4-13-11-20-9-8-19(13)16-7-5-6-15(17)14(16)10-18-12(2)3/h5-7,12-13,18H,4,8-11H2,1-3H3. The minimum absolute atomic E-state index is 0.444. The van der Waals surface area contributed by atoms with Crippen LogP contribution in [0.4, 0.5) is 5.69 Å². The van der Waals surface area contributed by atoms with Crippen LogP contribution in [0.15, 0.2) is 18.2 Å². The number of halogens is 1. The summed E-state index contributed by atoms with van der Waals surface area (Å²) in [5, 5.41) is 4.32. The van der Waals surface area contributed by atoms with Gasteiger partial charge in [-0.25, -0.2) is 0 Å². The first kappa shape index (κ1) is 15.6. The Bertz CT molecular complexity index is 436. The molecule has 1 heterocycles. The summed E-state index contributed by atoms with van der Waals surface area (Å²) in [6, 6.07) is 7.09. The van der Waals surface area contributed by atoms with Gasteiger partial charge in [0.15, 0.2) is 0 Å². The Kier molecular flexibility index (Phi) is 5.70. The quantitative estimate of drug-likeness (QED) is 0.901. The second kappa shape index (κ2) is 7.30. The molecule has 112 valence electrons. The first-order valence-electron chi connectivity index (χ1n) is 7.48. The molecule has 1 N–H and O–H groups in total. The van der Waals surface area contributed by atoms with Crippen LogP contribution in [0, 0.1) is 0 Å². The number of anilines is 1. The van der Waals surface area contributed by atoms with Gasteiger partial charge in [0.2, 0.25) is 0 Å². The number of benzene rings is 1. The highest BCUT2D eigenvalue weighted by Crippen LogP contribution is 2.30. The van der Waals surface area contributed by atoms with Gasteiger partial charge in [0.25, 0.3) is 0 Å². The third-order valence-corrected chi connectivity index (χ3v) is 4.14. The first-order chi connectivity index (χ1) is 9.63. The Balaban J connectivity index is 2.27. The number of nitrogens with one attached hydrogen (secondary N) is 1. The molecular formula is C16H25ClN2O. The number of hydrogen-bond acceptors (Lipinski definition) is 3. The average Bonchev–Trinajstić information content (AvgIpc) is 2.45. The van der Waals surface area contributed by atoms with E-state index in [9.17, 15) is 0 Å². The smallest absolute Gasteiger partial charge is 0.0670 e. The van der Waals surface area contributed by atoms with Crippen LogP contribution in [0.1, 0.15) is 32.8 Å². The number of morpholine rings is 1. The second-order valence-electron chi connectivity index (χ2n) is 5.60. The molecule has 20 heavy (non-hydrogen) atoms. The van der Waals surface area contributed by atoms with Gasteiger partial charge >= 0.3 is 0 Å². The van der Waals surface area contributed by atoms with E-state index < -0.39 is 0 Å². The molecule has 0 aromatic heterocycles. The summed E-state index contributed by atoms with van der Waals surface area (Å²) < 4.78 is 5.60. The summed E-state index contributed by atoms with van der Waals surface area (Å²) >= 11 is 6.43. The van der Waals surface area contributed by atoms with Crippen LogP contribution in [0.3, 0.4) is 0 Å². The fourth-order valence-corrected chi connectivity index (χ4v) is 2.84. The van der Waals surface area contributed by atoms with Gasteiger partial charge in [-0.15, -0.1) is 0 Å². The maximum Gasteiger partial charge on any atom is 0.0670 e. The van der Waals surface area contributed by atoms with Crippen molar-refractivity contribution in [2.45, 2.75) is 45.8 Å². The van der Waals surface area contributed by atoms with Crippen LogP contribution in [0.2, 0.25) is 5.02 Å². The maximum absolute atomic E-state index is 6.43. The molecule has 1 aromatic rings. The summed E-state index contributed by atoms with van der Waals surface area (Å²) in [5.74, 6) is 0. The van der Waals surface area contributed by atoms with E-state index in [0.717, 1.165) is 37.7 Å². The number of nitrogens with zero attached hydrogens (tertiary/aromatic N) is 1. The first-order valence-corrected chi connectivity index (χ1v) is 7.86. The van der Waals surface area contributed by atoms with Crippen LogP contribution in [0.25, 0.3) is 0 Å². The molecule has 2 rings (SSSR count). The lowest BCUT2D eigenvalue weighted by atomic mass is 10.1. The Morgan fingerprint density at radius 3 is 2.95 bits per heavy atom. The molecule has 0 saturated carbocycles. The van der Waals surface area contributed by atoms with Crippen molar-refractivity contribution in [3.8, 4) is 0 Å². The zero-order valence-electron chi connectivity index (χ0n) is 12.7. The van der Waals surface area contributed by atoms with E-state index in [1.807, 2.05) is 12.1 Å². The van der Waals surface area contributed by atoms with Gasteiger partial charge in [0.05, 0.1) is 19.3 Å². The summed E-state index contributed by atoms with van der Waals surface area (Å²) in [6.07, 6.45) is 1.09. The number of hydrogen-bond donors (Lipinski definition) is 1. The Morgan fingerprint density at radius 1 is 1.45 bits per heavy atom. The Hall–Kier alpha value is -0.770. The summed E-state index contributed by atoms with van der Waals surface area (Å²) in [7, 11) is 0. The molecule has 0 amide bonds. The van der Waals surface area contributed by atoms with Crippen molar-refractivity contribution in [1.29, 1.82) is 0 Å². The predicted octanol–water partition coefficient (Wildman–Crippen LogP) is 3.45. The topological polar surface area (TPSA) is 24.5 Å². The fraction of sp³-hybridized carbons (Fsp3) is 0.625. The van der Waals surface area contributed by atoms with Crippen molar-refractivity contribution in [3.63, 3.8) is 0 Å². The number of ether oxygens (including phenoxy) is 1. The number of rotatable bonds is 5. The Morgan fingerprint density at radius 2 is 2.25 bits per heavy atom. The van der Waals surface area contributed by atoms with Gasteiger partial charge in [-0.2, -0.15) is 0 Å². The fourth-order valence-electron chi connectivity index (χ4n) is 2.61. The molecule has 1 saturated heterocycles. The van der Waals surface area contributed by atoms with Gasteiger partial charge < -0.3 is 15.0 Å². The van der Waals surface area contributed by atoms with Crippen molar-refractivity contribution in [2.75, 3.05) is 24.7 Å². The highest BCUT2D eigenvalue weighted by atomic mass is 35.5. The molecule has 1 atom stereocenters. The lowest BCUT2D eigenvalue weighted by molar-refractivity contribution is 0.0929. The van der Waals surface area contributed by atoms with E-state index in [0.29, 0.717) is 12.1 Å². The van der Waals surface area contributed by atoms with E-state index in [1.54, 1.807) is 0 Å². The molecule has 1 aliphatic heterocycles. The molecular weight excluding hydrogens is 272 g/mol. The van der Waals surface area contributed by atoms with E-state index in [4.69, 9.17) is 16.3 Å². The minimum atomic E-state index is 0.444. The third kappa shape index (κ3) is 3.66. The normalized spacial score (nSPS) is 19.6. The highest BCUT2D eigenvalue weighted by Gasteiger charge is 2.24. The van der Waals surface area contributed by atoms with E-state index in [2.05, 4.69) is 37.1 Å². The molecule has 4 heteroatoms. The van der Waals surface area contributed by atoms with Crippen molar-refractivity contribution >= 4 is 17.3 Å². The van der Waals surface area contributed by atoms with Gasteiger partial charge in [-0.3, -0.25) is 0 Å². The average molecular weight is 297 g/mol. The van der Waals surface area contributed by atoms with Crippen LogP contribution in [-0.4, -0.2) is 31.8 Å². The van der Waals surface area contributed by atoms with Crippen LogP contribution < -0.4 is 10.2 Å². The lowest BCUT2D eigenvalue weighted by Gasteiger charge is -2.38. The lowest BCUT2D eigenvalue weighted by Crippen LogP contribution is -2.45. The molecule has 0 radical (unpaired) electrons.